The molecule has 18 heavy (non-hydrogen) atoms. The number of rotatable bonds is 3. The summed E-state index contributed by atoms with van der Waals surface area (Å²) in [5.74, 6) is 0.681. The molecule has 0 spiro atoms. The molecule has 1 aromatic carbocycles. The van der Waals surface area contributed by atoms with Crippen molar-refractivity contribution in [3.05, 3.63) is 30.6 Å². The van der Waals surface area contributed by atoms with E-state index in [9.17, 15) is 4.79 Å². The summed E-state index contributed by atoms with van der Waals surface area (Å²) >= 11 is 1.48. The number of hydrogen-bond donors (Lipinski definition) is 0. The summed E-state index contributed by atoms with van der Waals surface area (Å²) in [5, 5.41) is 1.88. The zero-order chi connectivity index (χ0) is 13.2. The predicted octanol–water partition coefficient (Wildman–Crippen LogP) is 3.34. The number of nitrogens with zero attached hydrogens (tertiary/aromatic N) is 2. The van der Waals surface area contributed by atoms with Crippen molar-refractivity contribution in [1.82, 2.24) is 9.97 Å². The molecule has 94 valence electrons. The number of para-hydroxylation sites is 1. The van der Waals surface area contributed by atoms with Gasteiger partial charge in [-0.25, -0.2) is 9.97 Å². The fourth-order valence-corrected chi connectivity index (χ4v) is 2.60. The molecule has 0 amide bonds. The highest BCUT2D eigenvalue weighted by molar-refractivity contribution is 8.00. The van der Waals surface area contributed by atoms with Crippen molar-refractivity contribution >= 4 is 28.4 Å². The van der Waals surface area contributed by atoms with E-state index in [2.05, 4.69) is 9.97 Å². The van der Waals surface area contributed by atoms with Crippen LogP contribution in [0.1, 0.15) is 20.8 Å². The van der Waals surface area contributed by atoms with Crippen molar-refractivity contribution in [2.24, 2.45) is 5.41 Å². The van der Waals surface area contributed by atoms with Crippen LogP contribution in [0.5, 0.6) is 0 Å². The van der Waals surface area contributed by atoms with Gasteiger partial charge in [-0.05, 0) is 6.07 Å². The Kier molecular flexibility index (Phi) is 3.66. The lowest BCUT2D eigenvalue weighted by Crippen LogP contribution is -2.22. The summed E-state index contributed by atoms with van der Waals surface area (Å²) in [6, 6.07) is 7.84. The number of ketones is 1. The number of aromatic nitrogens is 2. The standard InChI is InChI=1S/C14H16N2OS/c1-14(2,3)12(17)8-18-13-10-6-4-5-7-11(10)15-9-16-13/h4-7,9H,8H2,1-3H3. The van der Waals surface area contributed by atoms with Gasteiger partial charge in [0, 0.05) is 10.8 Å². The van der Waals surface area contributed by atoms with E-state index < -0.39 is 0 Å². The van der Waals surface area contributed by atoms with Crippen LogP contribution in [0, 0.1) is 5.41 Å². The zero-order valence-corrected chi connectivity index (χ0v) is 11.6. The normalized spacial score (nSPS) is 11.7. The Labute approximate surface area is 111 Å². The minimum absolute atomic E-state index is 0.232. The molecular weight excluding hydrogens is 244 g/mol. The molecule has 4 heteroatoms. The maximum atomic E-state index is 11.9. The minimum atomic E-state index is -0.296. The molecule has 0 saturated carbocycles. The lowest BCUT2D eigenvalue weighted by atomic mass is 9.92. The Morgan fingerprint density at radius 1 is 1.22 bits per heavy atom. The minimum Gasteiger partial charge on any atom is -0.298 e. The first-order valence-electron chi connectivity index (χ1n) is 5.84. The van der Waals surface area contributed by atoms with E-state index in [0.29, 0.717) is 5.75 Å². The van der Waals surface area contributed by atoms with Crippen LogP contribution >= 0.6 is 11.8 Å². The number of benzene rings is 1. The predicted molar refractivity (Wildman–Crippen MR) is 74.7 cm³/mol. The van der Waals surface area contributed by atoms with E-state index in [0.717, 1.165) is 15.9 Å². The summed E-state index contributed by atoms with van der Waals surface area (Å²) in [5.41, 5.74) is 0.619. The summed E-state index contributed by atoms with van der Waals surface area (Å²) < 4.78 is 0. The third-order valence-corrected chi connectivity index (χ3v) is 3.69. The Hall–Kier alpha value is -1.42. The van der Waals surface area contributed by atoms with Gasteiger partial charge in [-0.3, -0.25) is 4.79 Å². The average Bonchev–Trinajstić information content (AvgIpc) is 2.34. The quantitative estimate of drug-likeness (QED) is 0.627. The third-order valence-electron chi connectivity index (χ3n) is 2.68. The van der Waals surface area contributed by atoms with E-state index in [-0.39, 0.29) is 11.2 Å². The van der Waals surface area contributed by atoms with E-state index in [1.54, 1.807) is 6.33 Å². The van der Waals surface area contributed by atoms with Gasteiger partial charge < -0.3 is 0 Å². The molecule has 0 aliphatic rings. The molecule has 2 rings (SSSR count). The van der Waals surface area contributed by atoms with Gasteiger partial charge in [0.1, 0.15) is 17.1 Å². The molecule has 0 atom stereocenters. The highest BCUT2D eigenvalue weighted by Gasteiger charge is 2.21. The number of carbonyl (C=O) groups is 1. The average molecular weight is 260 g/mol. The van der Waals surface area contributed by atoms with Crippen molar-refractivity contribution < 1.29 is 4.79 Å². The molecule has 3 nitrogen and oxygen atoms in total. The van der Waals surface area contributed by atoms with E-state index in [4.69, 9.17) is 0 Å². The molecule has 0 fully saturated rings. The first kappa shape index (κ1) is 13.0. The SMILES string of the molecule is CC(C)(C)C(=O)CSc1ncnc2ccccc12. The first-order valence-corrected chi connectivity index (χ1v) is 6.83. The number of thioether (sulfide) groups is 1. The number of hydrogen-bond acceptors (Lipinski definition) is 4. The van der Waals surface area contributed by atoms with Gasteiger partial charge in [0.2, 0.25) is 0 Å². The second kappa shape index (κ2) is 5.06. The lowest BCUT2D eigenvalue weighted by Gasteiger charge is -2.15. The van der Waals surface area contributed by atoms with Gasteiger partial charge >= 0.3 is 0 Å². The second-order valence-electron chi connectivity index (χ2n) is 5.16. The highest BCUT2D eigenvalue weighted by atomic mass is 32.2. The Morgan fingerprint density at radius 3 is 2.67 bits per heavy atom. The Morgan fingerprint density at radius 2 is 1.94 bits per heavy atom. The molecule has 0 saturated heterocycles. The van der Waals surface area contributed by atoms with Crippen molar-refractivity contribution in [3.63, 3.8) is 0 Å². The van der Waals surface area contributed by atoms with E-state index >= 15 is 0 Å². The van der Waals surface area contributed by atoms with Gasteiger partial charge in [0.05, 0.1) is 11.3 Å². The molecule has 0 unspecified atom stereocenters. The van der Waals surface area contributed by atoms with Crippen LogP contribution in [0.25, 0.3) is 10.9 Å². The van der Waals surface area contributed by atoms with Crippen LogP contribution in [-0.4, -0.2) is 21.5 Å². The lowest BCUT2D eigenvalue weighted by molar-refractivity contribution is -0.123. The fourth-order valence-electron chi connectivity index (χ4n) is 1.45. The van der Waals surface area contributed by atoms with Crippen molar-refractivity contribution in [2.75, 3.05) is 5.75 Å². The fraction of sp³-hybridized carbons (Fsp3) is 0.357. The molecular formula is C14H16N2OS. The van der Waals surface area contributed by atoms with Crippen LogP contribution in [-0.2, 0) is 4.79 Å². The van der Waals surface area contributed by atoms with Gasteiger partial charge in [-0.2, -0.15) is 0 Å². The van der Waals surface area contributed by atoms with Crippen LogP contribution in [0.4, 0.5) is 0 Å². The monoisotopic (exact) mass is 260 g/mol. The Balaban J connectivity index is 2.20. The summed E-state index contributed by atoms with van der Waals surface area (Å²) in [4.78, 5) is 20.4. The third kappa shape index (κ3) is 2.88. The smallest absolute Gasteiger partial charge is 0.148 e. The van der Waals surface area contributed by atoms with Crippen LogP contribution in [0.15, 0.2) is 35.6 Å². The summed E-state index contributed by atoms with van der Waals surface area (Å²) in [6.07, 6.45) is 1.55. The van der Waals surface area contributed by atoms with E-state index in [1.165, 1.54) is 11.8 Å². The molecule has 0 N–H and O–H groups in total. The van der Waals surface area contributed by atoms with Crippen molar-refractivity contribution in [2.45, 2.75) is 25.8 Å². The number of carbonyl (C=O) groups excluding carboxylic acids is 1. The maximum Gasteiger partial charge on any atom is 0.148 e. The molecule has 1 aromatic heterocycles. The molecule has 1 heterocycles. The van der Waals surface area contributed by atoms with Crippen LogP contribution in [0.3, 0.4) is 0 Å². The zero-order valence-electron chi connectivity index (χ0n) is 10.8. The second-order valence-corrected chi connectivity index (χ2v) is 6.12. The van der Waals surface area contributed by atoms with Crippen molar-refractivity contribution in [3.8, 4) is 0 Å². The highest BCUT2D eigenvalue weighted by Crippen LogP contribution is 2.26. The first-order chi connectivity index (χ1) is 8.48. The van der Waals surface area contributed by atoms with E-state index in [1.807, 2.05) is 45.0 Å². The van der Waals surface area contributed by atoms with Crippen LogP contribution < -0.4 is 0 Å². The summed E-state index contributed by atoms with van der Waals surface area (Å²) in [6.45, 7) is 5.82. The molecule has 2 aromatic rings. The number of fused-ring (bicyclic) bond motifs is 1. The largest absolute Gasteiger partial charge is 0.298 e. The van der Waals surface area contributed by atoms with Gasteiger partial charge in [-0.1, -0.05) is 50.7 Å². The van der Waals surface area contributed by atoms with Gasteiger partial charge in [0.25, 0.3) is 0 Å². The molecule has 0 aliphatic heterocycles. The van der Waals surface area contributed by atoms with Gasteiger partial charge in [-0.15, -0.1) is 0 Å². The maximum absolute atomic E-state index is 11.9. The van der Waals surface area contributed by atoms with Crippen molar-refractivity contribution in [1.29, 1.82) is 0 Å². The summed E-state index contributed by atoms with van der Waals surface area (Å²) in [7, 11) is 0. The molecule has 0 radical (unpaired) electrons. The topological polar surface area (TPSA) is 42.9 Å². The number of Topliss-reactive ketones (excluding diaryl/α,β-unsaturated/α-hetero) is 1. The van der Waals surface area contributed by atoms with Crippen LogP contribution in [0.2, 0.25) is 0 Å². The molecule has 0 bridgehead atoms. The Bertz CT molecular complexity index is 570. The molecule has 0 aliphatic carbocycles. The van der Waals surface area contributed by atoms with Gasteiger partial charge in [0.15, 0.2) is 0 Å².